The number of nitrogens with one attached hydrogen (secondary N) is 1. The van der Waals surface area contributed by atoms with Crippen LogP contribution in [0.5, 0.6) is 5.75 Å². The molecule has 0 bridgehead atoms. The van der Waals surface area contributed by atoms with E-state index in [-0.39, 0.29) is 23.5 Å². The first-order valence-electron chi connectivity index (χ1n) is 8.56. The molecule has 0 radical (unpaired) electrons. The largest absolute Gasteiger partial charge is 0.497 e. The predicted octanol–water partition coefficient (Wildman–Crippen LogP) is 3.33. The number of carbonyl (C=O) groups excluding carboxylic acids is 2. The summed E-state index contributed by atoms with van der Waals surface area (Å²) in [5.41, 5.74) is 1.09. The minimum absolute atomic E-state index is 0.116. The number of nitrogens with zero attached hydrogens (tertiary/aromatic N) is 1. The number of anilines is 1. The minimum Gasteiger partial charge on any atom is -0.497 e. The molecule has 2 aromatic carbocycles. The molecule has 0 aromatic heterocycles. The topological polar surface area (TPSA) is 58.6 Å². The second-order valence-electron chi connectivity index (χ2n) is 6.32. The van der Waals surface area contributed by atoms with E-state index in [2.05, 4.69) is 5.32 Å². The molecule has 1 heterocycles. The molecule has 1 aliphatic heterocycles. The molecule has 136 valence electrons. The van der Waals surface area contributed by atoms with Crippen molar-refractivity contribution in [3.63, 3.8) is 0 Å². The van der Waals surface area contributed by atoms with Crippen molar-refractivity contribution in [2.45, 2.75) is 12.8 Å². The maximum absolute atomic E-state index is 13.0. The molecule has 0 saturated carbocycles. The van der Waals surface area contributed by atoms with Gasteiger partial charge in [-0.1, -0.05) is 6.07 Å². The van der Waals surface area contributed by atoms with Crippen molar-refractivity contribution >= 4 is 17.5 Å². The summed E-state index contributed by atoms with van der Waals surface area (Å²) < 4.78 is 18.2. The average Bonchev–Trinajstić information content (AvgIpc) is 2.68. The second kappa shape index (κ2) is 7.99. The average molecular weight is 356 g/mol. The number of amides is 2. The highest BCUT2D eigenvalue weighted by Crippen LogP contribution is 2.22. The molecule has 0 aliphatic carbocycles. The van der Waals surface area contributed by atoms with E-state index in [0.717, 1.165) is 12.8 Å². The van der Waals surface area contributed by atoms with Crippen LogP contribution in [0.1, 0.15) is 23.2 Å². The lowest BCUT2D eigenvalue weighted by Gasteiger charge is -2.32. The second-order valence-corrected chi connectivity index (χ2v) is 6.32. The number of hydrogen-bond acceptors (Lipinski definition) is 3. The predicted molar refractivity (Wildman–Crippen MR) is 96.7 cm³/mol. The smallest absolute Gasteiger partial charge is 0.253 e. The monoisotopic (exact) mass is 356 g/mol. The number of hydrogen-bond donors (Lipinski definition) is 1. The van der Waals surface area contributed by atoms with E-state index in [1.54, 1.807) is 36.3 Å². The third kappa shape index (κ3) is 4.20. The van der Waals surface area contributed by atoms with Crippen LogP contribution in [0, 0.1) is 11.7 Å². The minimum atomic E-state index is -0.379. The van der Waals surface area contributed by atoms with Crippen LogP contribution in [0.3, 0.4) is 0 Å². The Balaban J connectivity index is 1.64. The van der Waals surface area contributed by atoms with Crippen LogP contribution in [-0.2, 0) is 4.79 Å². The summed E-state index contributed by atoms with van der Waals surface area (Å²) in [6.07, 6.45) is 1.48. The van der Waals surface area contributed by atoms with Crippen LogP contribution in [0.25, 0.3) is 0 Å². The van der Waals surface area contributed by atoms with Gasteiger partial charge in [0.1, 0.15) is 11.6 Å². The van der Waals surface area contributed by atoms with Crippen LogP contribution in [0.15, 0.2) is 48.5 Å². The van der Waals surface area contributed by atoms with Crippen molar-refractivity contribution in [1.82, 2.24) is 4.90 Å². The van der Waals surface area contributed by atoms with Gasteiger partial charge in [-0.25, -0.2) is 4.39 Å². The van der Waals surface area contributed by atoms with E-state index in [1.165, 1.54) is 24.3 Å². The number of rotatable bonds is 4. The standard InChI is InChI=1S/C20H21FN2O3/c1-26-18-6-2-5-17(12-18)22-19(24)15-4-3-11-23(13-15)20(25)14-7-9-16(21)10-8-14/h2,5-10,12,15H,3-4,11,13H2,1H3,(H,22,24). The quantitative estimate of drug-likeness (QED) is 0.914. The summed E-state index contributed by atoms with van der Waals surface area (Å²) in [7, 11) is 1.57. The van der Waals surface area contributed by atoms with Gasteiger partial charge in [-0.15, -0.1) is 0 Å². The van der Waals surface area contributed by atoms with Gasteiger partial charge in [-0.3, -0.25) is 9.59 Å². The van der Waals surface area contributed by atoms with Gasteiger partial charge in [0, 0.05) is 30.4 Å². The van der Waals surface area contributed by atoms with Crippen LogP contribution >= 0.6 is 0 Å². The molecule has 1 unspecified atom stereocenters. The van der Waals surface area contributed by atoms with Gasteiger partial charge in [-0.05, 0) is 49.2 Å². The maximum atomic E-state index is 13.0. The van der Waals surface area contributed by atoms with Crippen LogP contribution in [0.4, 0.5) is 10.1 Å². The number of likely N-dealkylation sites (tertiary alicyclic amines) is 1. The van der Waals surface area contributed by atoms with Gasteiger partial charge in [-0.2, -0.15) is 0 Å². The van der Waals surface area contributed by atoms with Crippen LogP contribution in [-0.4, -0.2) is 36.9 Å². The summed E-state index contributed by atoms with van der Waals surface area (Å²) >= 11 is 0. The molecular formula is C20H21FN2O3. The SMILES string of the molecule is COc1cccc(NC(=O)C2CCCN(C(=O)c3ccc(F)cc3)C2)c1. The molecule has 1 aliphatic rings. The number of halogens is 1. The third-order valence-corrected chi connectivity index (χ3v) is 4.51. The first-order chi connectivity index (χ1) is 12.6. The van der Waals surface area contributed by atoms with E-state index in [0.29, 0.717) is 30.1 Å². The Morgan fingerprint density at radius 2 is 1.96 bits per heavy atom. The normalized spacial score (nSPS) is 16.8. The molecule has 0 spiro atoms. The van der Waals surface area contributed by atoms with Gasteiger partial charge in [0.25, 0.3) is 5.91 Å². The molecule has 1 fully saturated rings. The van der Waals surface area contributed by atoms with Crippen molar-refractivity contribution in [2.24, 2.45) is 5.92 Å². The Kier molecular flexibility index (Phi) is 5.51. The lowest BCUT2D eigenvalue weighted by Crippen LogP contribution is -2.43. The molecule has 1 atom stereocenters. The Morgan fingerprint density at radius 1 is 1.19 bits per heavy atom. The molecule has 26 heavy (non-hydrogen) atoms. The molecule has 3 rings (SSSR count). The Hall–Kier alpha value is -2.89. The van der Waals surface area contributed by atoms with Crippen molar-refractivity contribution in [2.75, 3.05) is 25.5 Å². The molecule has 5 nitrogen and oxygen atoms in total. The van der Waals surface area contributed by atoms with Crippen LogP contribution < -0.4 is 10.1 Å². The van der Waals surface area contributed by atoms with Gasteiger partial charge in [0.2, 0.25) is 5.91 Å². The summed E-state index contributed by atoms with van der Waals surface area (Å²) in [5.74, 6) is -0.284. The molecule has 1 N–H and O–H groups in total. The Morgan fingerprint density at radius 3 is 2.69 bits per heavy atom. The van der Waals surface area contributed by atoms with Gasteiger partial charge < -0.3 is 15.0 Å². The fraction of sp³-hybridized carbons (Fsp3) is 0.300. The van der Waals surface area contributed by atoms with E-state index in [9.17, 15) is 14.0 Å². The first kappa shape index (κ1) is 17.9. The van der Waals surface area contributed by atoms with E-state index >= 15 is 0 Å². The highest BCUT2D eigenvalue weighted by atomic mass is 19.1. The highest BCUT2D eigenvalue weighted by Gasteiger charge is 2.29. The van der Waals surface area contributed by atoms with Crippen molar-refractivity contribution in [1.29, 1.82) is 0 Å². The van der Waals surface area contributed by atoms with E-state index in [1.807, 2.05) is 0 Å². The molecular weight excluding hydrogens is 335 g/mol. The third-order valence-electron chi connectivity index (χ3n) is 4.51. The molecule has 6 heteroatoms. The van der Waals surface area contributed by atoms with Gasteiger partial charge >= 0.3 is 0 Å². The number of ether oxygens (including phenoxy) is 1. The van der Waals surface area contributed by atoms with E-state index in [4.69, 9.17) is 4.74 Å². The van der Waals surface area contributed by atoms with Gasteiger partial charge in [0.05, 0.1) is 13.0 Å². The molecule has 1 saturated heterocycles. The molecule has 2 aromatic rings. The first-order valence-corrected chi connectivity index (χ1v) is 8.56. The zero-order chi connectivity index (χ0) is 18.5. The number of methoxy groups -OCH3 is 1. The van der Waals surface area contributed by atoms with Crippen molar-refractivity contribution in [3.8, 4) is 5.75 Å². The van der Waals surface area contributed by atoms with Gasteiger partial charge in [0.15, 0.2) is 0 Å². The Bertz CT molecular complexity index is 792. The number of carbonyl (C=O) groups is 2. The van der Waals surface area contributed by atoms with Crippen molar-refractivity contribution in [3.05, 3.63) is 59.9 Å². The number of benzene rings is 2. The highest BCUT2D eigenvalue weighted by molar-refractivity contribution is 5.96. The van der Waals surface area contributed by atoms with E-state index < -0.39 is 0 Å². The zero-order valence-electron chi connectivity index (χ0n) is 14.6. The lowest BCUT2D eigenvalue weighted by molar-refractivity contribution is -0.121. The summed E-state index contributed by atoms with van der Waals surface area (Å²) in [4.78, 5) is 26.8. The fourth-order valence-corrected chi connectivity index (χ4v) is 3.10. The zero-order valence-corrected chi connectivity index (χ0v) is 14.6. The molecule has 2 amide bonds. The fourth-order valence-electron chi connectivity index (χ4n) is 3.10. The summed E-state index contributed by atoms with van der Waals surface area (Å²) in [6.45, 7) is 0.950. The Labute approximate surface area is 151 Å². The van der Waals surface area contributed by atoms with Crippen molar-refractivity contribution < 1.29 is 18.7 Å². The summed E-state index contributed by atoms with van der Waals surface area (Å²) in [5, 5.41) is 2.89. The number of piperidine rings is 1. The maximum Gasteiger partial charge on any atom is 0.253 e. The summed E-state index contributed by atoms with van der Waals surface area (Å²) in [6, 6.07) is 12.6. The lowest BCUT2D eigenvalue weighted by atomic mass is 9.96. The van der Waals surface area contributed by atoms with Crippen LogP contribution in [0.2, 0.25) is 0 Å².